The van der Waals surface area contributed by atoms with Crippen molar-refractivity contribution in [1.82, 2.24) is 9.62 Å². The van der Waals surface area contributed by atoms with Crippen molar-refractivity contribution in [3.63, 3.8) is 0 Å². The van der Waals surface area contributed by atoms with Crippen LogP contribution in [0.3, 0.4) is 0 Å². The molecule has 0 fully saturated rings. The van der Waals surface area contributed by atoms with Crippen molar-refractivity contribution in [2.75, 3.05) is 33.9 Å². The maximum Gasteiger partial charge on any atom is 0.240 e. The Hall–Kier alpha value is -2.09. The Morgan fingerprint density at radius 1 is 0.969 bits per heavy atom. The predicted octanol–water partition coefficient (Wildman–Crippen LogP) is 4.12. The van der Waals surface area contributed by atoms with E-state index in [2.05, 4.69) is 42.5 Å². The van der Waals surface area contributed by atoms with Gasteiger partial charge in [0, 0.05) is 19.6 Å². The van der Waals surface area contributed by atoms with Gasteiger partial charge in [-0.2, -0.15) is 0 Å². The number of sulfonamides is 1. The number of rotatable bonds is 9. The molecule has 1 aliphatic heterocycles. The topological polar surface area (TPSA) is 67.9 Å². The van der Waals surface area contributed by atoms with Crippen LogP contribution in [0.4, 0.5) is 0 Å². The predicted molar refractivity (Wildman–Crippen MR) is 128 cm³/mol. The van der Waals surface area contributed by atoms with Gasteiger partial charge in [0.05, 0.1) is 19.1 Å². The SMILES string of the molecule is COc1cc2c(cc1OC)CN(CCCCNS(=O)(=O)c1ccc(C(C)(C)C)cc1)CC2. The molecular weight excluding hydrogens is 424 g/mol. The number of ether oxygens (including phenoxy) is 2. The second kappa shape index (κ2) is 10.2. The van der Waals surface area contributed by atoms with Gasteiger partial charge in [0.1, 0.15) is 0 Å². The lowest BCUT2D eigenvalue weighted by molar-refractivity contribution is 0.248. The third-order valence-corrected chi connectivity index (χ3v) is 7.50. The normalized spacial score (nSPS) is 14.8. The maximum atomic E-state index is 12.6. The maximum absolute atomic E-state index is 12.6. The van der Waals surface area contributed by atoms with E-state index >= 15 is 0 Å². The molecular formula is C25H36N2O4S. The van der Waals surface area contributed by atoms with Crippen LogP contribution in [0.2, 0.25) is 0 Å². The Bertz CT molecular complexity index is 1010. The van der Waals surface area contributed by atoms with Gasteiger partial charge < -0.3 is 9.47 Å². The van der Waals surface area contributed by atoms with Crippen molar-refractivity contribution < 1.29 is 17.9 Å². The summed E-state index contributed by atoms with van der Waals surface area (Å²) in [6.45, 7) is 9.60. The molecule has 0 spiro atoms. The van der Waals surface area contributed by atoms with E-state index in [0.29, 0.717) is 11.4 Å². The number of fused-ring (bicyclic) bond motifs is 1. The largest absolute Gasteiger partial charge is 0.493 e. The minimum atomic E-state index is -3.47. The fourth-order valence-electron chi connectivity index (χ4n) is 4.02. The fraction of sp³-hybridized carbons (Fsp3) is 0.520. The van der Waals surface area contributed by atoms with Crippen LogP contribution in [0.1, 0.15) is 50.3 Å². The third-order valence-electron chi connectivity index (χ3n) is 6.02. The van der Waals surface area contributed by atoms with Crippen LogP contribution in [-0.2, 0) is 28.4 Å². The van der Waals surface area contributed by atoms with Crippen molar-refractivity contribution in [3.8, 4) is 11.5 Å². The average Bonchev–Trinajstić information content (AvgIpc) is 2.77. The van der Waals surface area contributed by atoms with E-state index in [4.69, 9.17) is 9.47 Å². The molecule has 2 aromatic rings. The van der Waals surface area contributed by atoms with Crippen LogP contribution in [0.15, 0.2) is 41.3 Å². The van der Waals surface area contributed by atoms with E-state index in [1.165, 1.54) is 11.1 Å². The van der Waals surface area contributed by atoms with Crippen molar-refractivity contribution in [1.29, 1.82) is 0 Å². The van der Waals surface area contributed by atoms with Gasteiger partial charge in [-0.05, 0) is 72.2 Å². The summed E-state index contributed by atoms with van der Waals surface area (Å²) in [4.78, 5) is 2.73. The van der Waals surface area contributed by atoms with Gasteiger partial charge >= 0.3 is 0 Å². The molecule has 7 heteroatoms. The number of benzene rings is 2. The lowest BCUT2D eigenvalue weighted by atomic mass is 9.87. The Morgan fingerprint density at radius 2 is 1.59 bits per heavy atom. The molecule has 0 atom stereocenters. The fourth-order valence-corrected chi connectivity index (χ4v) is 5.09. The number of unbranched alkanes of at least 4 members (excludes halogenated alkanes) is 1. The first kappa shape index (κ1) is 24.6. The van der Waals surface area contributed by atoms with E-state index in [1.807, 2.05) is 12.1 Å². The summed E-state index contributed by atoms with van der Waals surface area (Å²) in [7, 11) is -0.153. The number of hydrogen-bond donors (Lipinski definition) is 1. The van der Waals surface area contributed by atoms with Gasteiger partial charge in [0.2, 0.25) is 10.0 Å². The first-order valence-corrected chi connectivity index (χ1v) is 12.7. The van der Waals surface area contributed by atoms with E-state index in [-0.39, 0.29) is 5.41 Å². The highest BCUT2D eigenvalue weighted by atomic mass is 32.2. The molecule has 1 N–H and O–H groups in total. The highest BCUT2D eigenvalue weighted by molar-refractivity contribution is 7.89. The molecule has 32 heavy (non-hydrogen) atoms. The van der Waals surface area contributed by atoms with Crippen molar-refractivity contribution >= 4 is 10.0 Å². The minimum absolute atomic E-state index is 0.00187. The lowest BCUT2D eigenvalue weighted by Crippen LogP contribution is -2.32. The summed E-state index contributed by atoms with van der Waals surface area (Å²) in [5.41, 5.74) is 3.70. The van der Waals surface area contributed by atoms with Crippen LogP contribution in [0.25, 0.3) is 0 Å². The Morgan fingerprint density at radius 3 is 2.19 bits per heavy atom. The highest BCUT2D eigenvalue weighted by Crippen LogP contribution is 2.33. The van der Waals surface area contributed by atoms with E-state index < -0.39 is 10.0 Å². The molecule has 0 bridgehead atoms. The summed E-state index contributed by atoms with van der Waals surface area (Å²) in [6, 6.07) is 11.3. The summed E-state index contributed by atoms with van der Waals surface area (Å²) in [6.07, 6.45) is 2.72. The zero-order valence-electron chi connectivity index (χ0n) is 19.9. The van der Waals surface area contributed by atoms with Gasteiger partial charge in [-0.15, -0.1) is 0 Å². The molecule has 0 saturated heterocycles. The molecule has 3 rings (SSSR count). The van der Waals surface area contributed by atoms with Crippen molar-refractivity contribution in [2.24, 2.45) is 0 Å². The van der Waals surface area contributed by atoms with Gasteiger partial charge in [-0.3, -0.25) is 4.90 Å². The molecule has 1 aliphatic rings. The molecule has 6 nitrogen and oxygen atoms in total. The van der Waals surface area contributed by atoms with Gasteiger partial charge in [0.25, 0.3) is 0 Å². The summed E-state index contributed by atoms with van der Waals surface area (Å²) in [5, 5.41) is 0. The van der Waals surface area contributed by atoms with Gasteiger partial charge in [0.15, 0.2) is 11.5 Å². The average molecular weight is 461 g/mol. The Kier molecular flexibility index (Phi) is 7.85. The monoisotopic (exact) mass is 460 g/mol. The first-order valence-electron chi connectivity index (χ1n) is 11.2. The van der Waals surface area contributed by atoms with E-state index in [1.54, 1.807) is 26.4 Å². The zero-order valence-corrected chi connectivity index (χ0v) is 20.7. The van der Waals surface area contributed by atoms with Crippen LogP contribution in [0.5, 0.6) is 11.5 Å². The standard InChI is InChI=1S/C25H36N2O4S/c1-25(2,3)21-8-10-22(11-9-21)32(28,29)26-13-6-7-14-27-15-12-19-16-23(30-4)24(31-5)17-20(19)18-27/h8-11,16-17,26H,6-7,12-15,18H2,1-5H3. The van der Waals surface area contributed by atoms with E-state index in [0.717, 1.165) is 56.0 Å². The molecule has 0 saturated carbocycles. The van der Waals surface area contributed by atoms with Crippen LogP contribution in [-0.4, -0.2) is 47.2 Å². The highest BCUT2D eigenvalue weighted by Gasteiger charge is 2.20. The number of nitrogens with one attached hydrogen (secondary N) is 1. The van der Waals surface area contributed by atoms with Gasteiger partial charge in [-0.25, -0.2) is 13.1 Å². The number of nitrogens with zero attached hydrogens (tertiary/aromatic N) is 1. The Balaban J connectivity index is 1.46. The zero-order chi connectivity index (χ0) is 23.4. The van der Waals surface area contributed by atoms with Crippen LogP contribution >= 0.6 is 0 Å². The van der Waals surface area contributed by atoms with Crippen LogP contribution < -0.4 is 14.2 Å². The summed E-state index contributed by atoms with van der Waals surface area (Å²) >= 11 is 0. The van der Waals surface area contributed by atoms with Crippen molar-refractivity contribution in [2.45, 2.75) is 56.9 Å². The molecule has 0 unspecified atom stereocenters. The lowest BCUT2D eigenvalue weighted by Gasteiger charge is -2.29. The van der Waals surface area contributed by atoms with Crippen LogP contribution in [0, 0.1) is 0 Å². The first-order chi connectivity index (χ1) is 15.1. The second-order valence-corrected chi connectivity index (χ2v) is 11.1. The van der Waals surface area contributed by atoms with E-state index in [9.17, 15) is 8.42 Å². The molecule has 0 radical (unpaired) electrons. The van der Waals surface area contributed by atoms with Crippen molar-refractivity contribution in [3.05, 3.63) is 53.1 Å². The quantitative estimate of drug-likeness (QED) is 0.570. The number of methoxy groups -OCH3 is 2. The molecule has 0 amide bonds. The summed E-state index contributed by atoms with van der Waals surface area (Å²) < 4.78 is 38.7. The molecule has 0 aliphatic carbocycles. The summed E-state index contributed by atoms with van der Waals surface area (Å²) in [5.74, 6) is 1.54. The number of hydrogen-bond acceptors (Lipinski definition) is 5. The van der Waals surface area contributed by atoms with Gasteiger partial charge in [-0.1, -0.05) is 32.9 Å². The molecule has 2 aromatic carbocycles. The smallest absolute Gasteiger partial charge is 0.240 e. The molecule has 0 aromatic heterocycles. The second-order valence-electron chi connectivity index (χ2n) is 9.38. The Labute approximate surface area is 193 Å². The third kappa shape index (κ3) is 6.03. The molecule has 1 heterocycles. The minimum Gasteiger partial charge on any atom is -0.493 e. The molecule has 176 valence electrons.